The molecule has 2 fully saturated rings. The number of aromatic nitrogens is 1. The first kappa shape index (κ1) is 15.1. The minimum atomic E-state index is 0.141. The van der Waals surface area contributed by atoms with Gasteiger partial charge >= 0.3 is 0 Å². The van der Waals surface area contributed by atoms with Crippen molar-refractivity contribution in [3.05, 3.63) is 52.0 Å². The molecule has 2 atom stereocenters. The minimum absolute atomic E-state index is 0.141. The first-order chi connectivity index (χ1) is 11.2. The zero-order valence-electron chi connectivity index (χ0n) is 13.2. The van der Waals surface area contributed by atoms with Gasteiger partial charge in [-0.3, -0.25) is 4.98 Å². The van der Waals surface area contributed by atoms with Crippen molar-refractivity contribution in [1.29, 1.82) is 0 Å². The van der Waals surface area contributed by atoms with Gasteiger partial charge in [-0.2, -0.15) is 0 Å². The van der Waals surface area contributed by atoms with E-state index in [2.05, 4.69) is 46.4 Å². The molecule has 2 aromatic rings. The number of hydrogen-bond donors (Lipinski definition) is 1. The quantitative estimate of drug-likeness (QED) is 0.838. The fourth-order valence-electron chi connectivity index (χ4n) is 3.86. The maximum absolute atomic E-state index is 5.73. The normalized spacial score (nSPS) is 25.1. The van der Waals surface area contributed by atoms with E-state index in [1.165, 1.54) is 35.4 Å². The lowest BCUT2D eigenvalue weighted by Crippen LogP contribution is -2.37. The van der Waals surface area contributed by atoms with E-state index in [4.69, 9.17) is 12.2 Å². The highest BCUT2D eigenvalue weighted by molar-refractivity contribution is 7.80. The number of nitrogens with one attached hydrogen (secondary N) is 1. The van der Waals surface area contributed by atoms with Crippen LogP contribution in [-0.4, -0.2) is 21.0 Å². The number of aryl methyl sites for hydroxylation is 1. The van der Waals surface area contributed by atoms with Gasteiger partial charge in [0.25, 0.3) is 0 Å². The summed E-state index contributed by atoms with van der Waals surface area (Å²) >= 11 is 7.61. The fourth-order valence-corrected chi connectivity index (χ4v) is 5.26. The minimum Gasteiger partial charge on any atom is -0.352 e. The van der Waals surface area contributed by atoms with Crippen LogP contribution in [-0.2, 0) is 0 Å². The first-order valence-corrected chi connectivity index (χ1v) is 9.52. The van der Waals surface area contributed by atoms with E-state index in [0.717, 1.165) is 10.8 Å². The van der Waals surface area contributed by atoms with Gasteiger partial charge in [0.1, 0.15) is 0 Å². The maximum Gasteiger partial charge on any atom is 0.170 e. The zero-order valence-corrected chi connectivity index (χ0v) is 14.9. The molecule has 2 unspecified atom stereocenters. The number of hydrogen-bond acceptors (Lipinski definition) is 3. The predicted molar refractivity (Wildman–Crippen MR) is 98.6 cm³/mol. The van der Waals surface area contributed by atoms with Crippen LogP contribution in [0.2, 0.25) is 0 Å². The molecule has 0 aromatic carbocycles. The van der Waals surface area contributed by atoms with Crippen LogP contribution in [0.4, 0.5) is 0 Å². The molecule has 0 amide bonds. The third-order valence-corrected chi connectivity index (χ3v) is 6.31. The molecule has 3 heterocycles. The molecule has 0 bridgehead atoms. The Bertz CT molecular complexity index is 691. The van der Waals surface area contributed by atoms with Gasteiger partial charge in [-0.15, -0.1) is 11.3 Å². The average molecular weight is 344 g/mol. The third-order valence-electron chi connectivity index (χ3n) is 4.91. The fraction of sp³-hybridized carbons (Fsp3) is 0.444. The van der Waals surface area contributed by atoms with Gasteiger partial charge in [-0.25, -0.2) is 0 Å². The summed E-state index contributed by atoms with van der Waals surface area (Å²) < 4.78 is 0. The van der Waals surface area contributed by atoms with E-state index in [1.807, 2.05) is 23.6 Å². The van der Waals surface area contributed by atoms with Crippen LogP contribution >= 0.6 is 23.6 Å². The van der Waals surface area contributed by atoms with Crippen LogP contribution in [0.5, 0.6) is 0 Å². The van der Waals surface area contributed by atoms with Crippen molar-refractivity contribution in [3.63, 3.8) is 0 Å². The lowest BCUT2D eigenvalue weighted by atomic mass is 10.0. The summed E-state index contributed by atoms with van der Waals surface area (Å²) in [4.78, 5) is 9.80. The van der Waals surface area contributed by atoms with Crippen LogP contribution < -0.4 is 5.32 Å². The summed E-state index contributed by atoms with van der Waals surface area (Å²) in [5, 5.41) is 4.45. The molecule has 1 N–H and O–H groups in total. The molecule has 2 aromatic heterocycles. The average Bonchev–Trinajstić information content (AvgIpc) is 3.27. The number of nitrogens with zero attached hydrogens (tertiary/aromatic N) is 2. The Morgan fingerprint density at radius 2 is 2.04 bits per heavy atom. The Morgan fingerprint density at radius 3 is 2.70 bits per heavy atom. The number of pyridine rings is 1. The second kappa shape index (κ2) is 6.21. The van der Waals surface area contributed by atoms with Crippen LogP contribution in [0, 0.1) is 6.92 Å². The van der Waals surface area contributed by atoms with Crippen molar-refractivity contribution in [1.82, 2.24) is 15.2 Å². The van der Waals surface area contributed by atoms with Gasteiger partial charge < -0.3 is 10.2 Å². The van der Waals surface area contributed by atoms with Gasteiger partial charge in [-0.1, -0.05) is 18.9 Å². The zero-order chi connectivity index (χ0) is 15.8. The molecule has 1 saturated carbocycles. The summed E-state index contributed by atoms with van der Waals surface area (Å²) in [5.74, 6) is 0. The molecule has 4 rings (SSSR count). The molecule has 1 saturated heterocycles. The highest BCUT2D eigenvalue weighted by atomic mass is 32.1. The maximum atomic E-state index is 5.73. The van der Waals surface area contributed by atoms with Crippen molar-refractivity contribution < 1.29 is 0 Å². The van der Waals surface area contributed by atoms with E-state index < -0.39 is 0 Å². The summed E-state index contributed by atoms with van der Waals surface area (Å²) in [6, 6.07) is 11.6. The molecular formula is C18H21N3S2. The van der Waals surface area contributed by atoms with Gasteiger partial charge in [-0.05, 0) is 56.2 Å². The molecule has 23 heavy (non-hydrogen) atoms. The van der Waals surface area contributed by atoms with Gasteiger partial charge in [0.05, 0.1) is 17.8 Å². The highest BCUT2D eigenvalue weighted by Crippen LogP contribution is 2.44. The van der Waals surface area contributed by atoms with Crippen molar-refractivity contribution in [2.24, 2.45) is 0 Å². The van der Waals surface area contributed by atoms with E-state index in [0.29, 0.717) is 6.04 Å². The van der Waals surface area contributed by atoms with Gasteiger partial charge in [0.15, 0.2) is 5.11 Å². The van der Waals surface area contributed by atoms with Gasteiger partial charge in [0.2, 0.25) is 0 Å². The van der Waals surface area contributed by atoms with Crippen LogP contribution in [0.1, 0.15) is 53.2 Å². The Labute approximate surface area is 146 Å². The Hall–Kier alpha value is -1.46. The molecule has 1 aliphatic heterocycles. The third kappa shape index (κ3) is 2.76. The molecule has 0 radical (unpaired) electrons. The SMILES string of the molecule is Cc1ccc(C2C(c3ccccn3)NC(=S)N2C2CCCC2)s1. The summed E-state index contributed by atoms with van der Waals surface area (Å²) in [6.45, 7) is 2.17. The molecule has 5 heteroatoms. The highest BCUT2D eigenvalue weighted by Gasteiger charge is 2.44. The Morgan fingerprint density at radius 1 is 1.22 bits per heavy atom. The van der Waals surface area contributed by atoms with Crippen LogP contribution in [0.3, 0.4) is 0 Å². The molecule has 2 aliphatic rings. The lowest BCUT2D eigenvalue weighted by Gasteiger charge is -2.32. The van der Waals surface area contributed by atoms with Crippen LogP contribution in [0.25, 0.3) is 0 Å². The Kier molecular flexibility index (Phi) is 4.07. The number of thiocarbonyl (C=S) groups is 1. The first-order valence-electron chi connectivity index (χ1n) is 8.30. The molecule has 120 valence electrons. The topological polar surface area (TPSA) is 28.2 Å². The van der Waals surface area contributed by atoms with Crippen LogP contribution in [0.15, 0.2) is 36.5 Å². The van der Waals surface area contributed by atoms with Crippen molar-refractivity contribution >= 4 is 28.7 Å². The van der Waals surface area contributed by atoms with E-state index in [-0.39, 0.29) is 12.1 Å². The molecule has 1 aliphatic carbocycles. The Balaban J connectivity index is 1.75. The smallest absolute Gasteiger partial charge is 0.170 e. The van der Waals surface area contributed by atoms with E-state index >= 15 is 0 Å². The van der Waals surface area contributed by atoms with Crippen molar-refractivity contribution in [2.75, 3.05) is 0 Å². The lowest BCUT2D eigenvalue weighted by molar-refractivity contribution is 0.249. The summed E-state index contributed by atoms with van der Waals surface area (Å²) in [7, 11) is 0. The predicted octanol–water partition coefficient (Wildman–Crippen LogP) is 4.37. The number of rotatable bonds is 3. The second-order valence-corrected chi connectivity index (χ2v) is 8.13. The molecule has 0 spiro atoms. The van der Waals surface area contributed by atoms with E-state index in [1.54, 1.807) is 0 Å². The largest absolute Gasteiger partial charge is 0.352 e. The van der Waals surface area contributed by atoms with Crippen molar-refractivity contribution in [2.45, 2.75) is 50.7 Å². The summed E-state index contributed by atoms with van der Waals surface area (Å²) in [5.41, 5.74) is 1.08. The monoisotopic (exact) mass is 343 g/mol. The number of thiophene rings is 1. The van der Waals surface area contributed by atoms with E-state index in [9.17, 15) is 0 Å². The molecule has 3 nitrogen and oxygen atoms in total. The van der Waals surface area contributed by atoms with Gasteiger partial charge in [0, 0.05) is 22.0 Å². The van der Waals surface area contributed by atoms with Crippen molar-refractivity contribution in [3.8, 4) is 0 Å². The standard InChI is InChI=1S/C18H21N3S2/c1-12-9-10-15(23-12)17-16(14-8-4-5-11-19-14)20-18(22)21(17)13-6-2-3-7-13/h4-5,8-11,13,16-17H,2-3,6-7H2,1H3,(H,20,22). The summed E-state index contributed by atoms with van der Waals surface area (Å²) in [6.07, 6.45) is 6.99. The molecular weight excluding hydrogens is 322 g/mol. The second-order valence-electron chi connectivity index (χ2n) is 6.42.